The lowest BCUT2D eigenvalue weighted by molar-refractivity contribution is -0.111. The second kappa shape index (κ2) is 6.95. The van der Waals surface area contributed by atoms with Crippen LogP contribution < -0.4 is 5.32 Å². The van der Waals surface area contributed by atoms with Gasteiger partial charge in [-0.05, 0) is 30.5 Å². The minimum atomic E-state index is -0.0127. The number of hydrogen-bond acceptors (Lipinski definition) is 3. The van der Waals surface area contributed by atoms with Gasteiger partial charge in [-0.15, -0.1) is 0 Å². The molecule has 3 aromatic rings. The molecule has 2 saturated heterocycles. The lowest BCUT2D eigenvalue weighted by atomic mass is 9.64. The first-order valence-electron chi connectivity index (χ1n) is 9.85. The van der Waals surface area contributed by atoms with E-state index in [-0.39, 0.29) is 17.5 Å². The molecule has 1 aromatic carbocycles. The largest absolute Gasteiger partial charge is 0.381 e. The van der Waals surface area contributed by atoms with Gasteiger partial charge in [0, 0.05) is 43.5 Å². The normalized spacial score (nSPS) is 20.9. The fraction of sp³-hybridized carbons (Fsp3) is 0.364. The molecule has 1 spiro atoms. The van der Waals surface area contributed by atoms with Crippen LogP contribution in [0.3, 0.4) is 0 Å². The van der Waals surface area contributed by atoms with Gasteiger partial charge in [0.25, 0.3) is 0 Å². The predicted octanol–water partition coefficient (Wildman–Crippen LogP) is 3.40. The van der Waals surface area contributed by atoms with E-state index in [0.717, 1.165) is 43.7 Å². The van der Waals surface area contributed by atoms with Crippen molar-refractivity contribution < 1.29 is 9.53 Å². The summed E-state index contributed by atoms with van der Waals surface area (Å²) < 4.78 is 7.42. The number of nitrogens with zero attached hydrogens (tertiary/aromatic N) is 3. The zero-order valence-electron chi connectivity index (χ0n) is 15.8. The number of rotatable bonds is 3. The van der Waals surface area contributed by atoms with Crippen LogP contribution in [0.2, 0.25) is 0 Å². The topological polar surface area (TPSA) is 58.9 Å². The van der Waals surface area contributed by atoms with Crippen molar-refractivity contribution in [1.29, 1.82) is 0 Å². The number of fused-ring (bicyclic) bond motifs is 1. The monoisotopic (exact) mass is 376 g/mol. The molecule has 1 unspecified atom stereocenters. The van der Waals surface area contributed by atoms with E-state index < -0.39 is 0 Å². The number of carbonyl (C=O) groups is 1. The van der Waals surface area contributed by atoms with Crippen molar-refractivity contribution in [2.45, 2.75) is 25.4 Å². The molecule has 4 heterocycles. The van der Waals surface area contributed by atoms with Gasteiger partial charge < -0.3 is 15.0 Å². The second-order valence-electron chi connectivity index (χ2n) is 7.77. The molecule has 144 valence electrons. The van der Waals surface area contributed by atoms with Crippen molar-refractivity contribution in [3.63, 3.8) is 0 Å². The van der Waals surface area contributed by atoms with E-state index in [0.29, 0.717) is 6.54 Å². The summed E-state index contributed by atoms with van der Waals surface area (Å²) in [6, 6.07) is 16.4. The maximum atomic E-state index is 13.0. The van der Waals surface area contributed by atoms with Crippen molar-refractivity contribution in [1.82, 2.24) is 19.8 Å². The molecule has 0 aliphatic carbocycles. The maximum absolute atomic E-state index is 13.0. The van der Waals surface area contributed by atoms with Crippen LogP contribution in [0.5, 0.6) is 0 Å². The number of nitrogens with one attached hydrogen (secondary N) is 1. The van der Waals surface area contributed by atoms with Gasteiger partial charge in [-0.25, -0.2) is 9.31 Å². The fourth-order valence-corrected chi connectivity index (χ4v) is 4.70. The Kier molecular flexibility index (Phi) is 4.28. The first-order valence-corrected chi connectivity index (χ1v) is 9.85. The molecule has 5 rings (SSSR count). The highest BCUT2D eigenvalue weighted by Gasteiger charge is 2.55. The van der Waals surface area contributed by atoms with Gasteiger partial charge in [-0.2, -0.15) is 5.10 Å². The Bertz CT molecular complexity index is 978. The lowest BCUT2D eigenvalue weighted by Crippen LogP contribution is -2.64. The Morgan fingerprint density at radius 3 is 2.75 bits per heavy atom. The third kappa shape index (κ3) is 2.85. The highest BCUT2D eigenvalue weighted by atomic mass is 16.5. The minimum absolute atomic E-state index is 0.0127. The van der Waals surface area contributed by atoms with Crippen molar-refractivity contribution in [3.8, 4) is 0 Å². The summed E-state index contributed by atoms with van der Waals surface area (Å²) in [4.78, 5) is 15.0. The van der Waals surface area contributed by atoms with Gasteiger partial charge in [0.15, 0.2) is 0 Å². The molecular weight excluding hydrogens is 352 g/mol. The number of hydrogen-bond donors (Lipinski definition) is 1. The minimum Gasteiger partial charge on any atom is -0.381 e. The molecule has 1 N–H and O–H groups in total. The number of amides is 2. The third-order valence-electron chi connectivity index (χ3n) is 6.18. The molecule has 2 aliphatic heterocycles. The number of carbonyl (C=O) groups excluding carboxylic acids is 1. The summed E-state index contributed by atoms with van der Waals surface area (Å²) in [6.07, 6.45) is 5.74. The van der Waals surface area contributed by atoms with Crippen molar-refractivity contribution in [2.24, 2.45) is 5.41 Å². The van der Waals surface area contributed by atoms with Crippen LogP contribution in [0, 0.1) is 5.41 Å². The van der Waals surface area contributed by atoms with Crippen LogP contribution in [0.15, 0.2) is 60.9 Å². The van der Waals surface area contributed by atoms with Crippen molar-refractivity contribution in [2.75, 3.05) is 19.8 Å². The molecule has 6 heteroatoms. The van der Waals surface area contributed by atoms with Gasteiger partial charge in [-0.1, -0.05) is 36.4 Å². The molecule has 2 fully saturated rings. The van der Waals surface area contributed by atoms with Crippen LogP contribution in [0.25, 0.3) is 5.52 Å². The zero-order chi connectivity index (χ0) is 19.0. The van der Waals surface area contributed by atoms with E-state index >= 15 is 0 Å². The molecule has 0 saturated carbocycles. The van der Waals surface area contributed by atoms with E-state index in [1.54, 1.807) is 0 Å². The van der Waals surface area contributed by atoms with Crippen LogP contribution in [-0.2, 0) is 11.3 Å². The quantitative estimate of drug-likeness (QED) is 0.762. The van der Waals surface area contributed by atoms with E-state index in [1.165, 1.54) is 5.56 Å². The summed E-state index contributed by atoms with van der Waals surface area (Å²) in [5.74, 6) is 0. The van der Waals surface area contributed by atoms with E-state index in [9.17, 15) is 4.79 Å². The average molecular weight is 376 g/mol. The molecule has 0 radical (unpaired) electrons. The maximum Gasteiger partial charge on any atom is 0.318 e. The van der Waals surface area contributed by atoms with E-state index in [2.05, 4.69) is 34.7 Å². The molecule has 2 aromatic heterocycles. The molecule has 2 amide bonds. The molecular formula is C22H24N4O2. The summed E-state index contributed by atoms with van der Waals surface area (Å²) in [5.41, 5.74) is 3.39. The Hall–Kier alpha value is -2.86. The average Bonchev–Trinajstić information content (AvgIpc) is 3.15. The summed E-state index contributed by atoms with van der Waals surface area (Å²) in [7, 11) is 0. The number of aromatic nitrogens is 2. The third-order valence-corrected chi connectivity index (χ3v) is 6.18. The van der Waals surface area contributed by atoms with Crippen LogP contribution in [-0.4, -0.2) is 40.3 Å². The molecule has 6 nitrogen and oxygen atoms in total. The smallest absolute Gasteiger partial charge is 0.318 e. The van der Waals surface area contributed by atoms with Crippen LogP contribution in [0.1, 0.15) is 30.0 Å². The number of likely N-dealkylation sites (tertiary alicyclic amines) is 1. The number of urea groups is 1. The zero-order valence-corrected chi connectivity index (χ0v) is 15.8. The van der Waals surface area contributed by atoms with Crippen LogP contribution in [0.4, 0.5) is 4.79 Å². The number of benzene rings is 1. The van der Waals surface area contributed by atoms with E-state index in [4.69, 9.17) is 4.74 Å². The highest BCUT2D eigenvalue weighted by Crippen LogP contribution is 2.54. The van der Waals surface area contributed by atoms with Crippen molar-refractivity contribution >= 4 is 11.5 Å². The first kappa shape index (κ1) is 17.3. The second-order valence-corrected chi connectivity index (χ2v) is 7.77. The van der Waals surface area contributed by atoms with Crippen molar-refractivity contribution in [3.05, 3.63) is 72.1 Å². The Balaban J connectivity index is 1.34. The fourth-order valence-electron chi connectivity index (χ4n) is 4.70. The highest BCUT2D eigenvalue weighted by molar-refractivity contribution is 5.76. The van der Waals surface area contributed by atoms with E-state index in [1.807, 2.05) is 46.1 Å². The van der Waals surface area contributed by atoms with Gasteiger partial charge >= 0.3 is 6.03 Å². The summed E-state index contributed by atoms with van der Waals surface area (Å²) in [5, 5.41) is 7.45. The molecule has 2 aliphatic rings. The Labute approximate surface area is 164 Å². The summed E-state index contributed by atoms with van der Waals surface area (Å²) >= 11 is 0. The predicted molar refractivity (Wildman–Crippen MR) is 106 cm³/mol. The lowest BCUT2D eigenvalue weighted by Gasteiger charge is -2.59. The van der Waals surface area contributed by atoms with Gasteiger partial charge in [0.05, 0.1) is 17.8 Å². The number of pyridine rings is 1. The Morgan fingerprint density at radius 2 is 1.93 bits per heavy atom. The number of ether oxygens (including phenoxy) is 1. The Morgan fingerprint density at radius 1 is 1.14 bits per heavy atom. The van der Waals surface area contributed by atoms with Gasteiger partial charge in [0.2, 0.25) is 0 Å². The molecule has 28 heavy (non-hydrogen) atoms. The SMILES string of the molecule is O=C(NCc1cnn2ccccc12)N1CC2(CCOCC2)C1c1ccccc1. The standard InChI is InChI=1S/C22H24N4O2/c27-21(23-14-18-15-24-26-11-5-4-8-19(18)26)25-16-22(9-12-28-13-10-22)20(25)17-6-2-1-3-7-17/h1-8,11,15,20H,9-10,12-14,16H2,(H,23,27). The van der Waals surface area contributed by atoms with Gasteiger partial charge in [-0.3, -0.25) is 0 Å². The molecule has 1 atom stereocenters. The first-order chi connectivity index (χ1) is 13.8. The van der Waals surface area contributed by atoms with Gasteiger partial charge in [0.1, 0.15) is 0 Å². The summed E-state index contributed by atoms with van der Waals surface area (Å²) in [6.45, 7) is 2.82. The van der Waals surface area contributed by atoms with Crippen LogP contribution >= 0.6 is 0 Å². The molecule has 0 bridgehead atoms.